The summed E-state index contributed by atoms with van der Waals surface area (Å²) < 4.78 is 17.4. The molecule has 1 aliphatic heterocycles. The van der Waals surface area contributed by atoms with Crippen LogP contribution in [0.5, 0.6) is 5.75 Å². The van der Waals surface area contributed by atoms with E-state index in [0.29, 0.717) is 5.56 Å². The molecule has 0 radical (unpaired) electrons. The number of amides is 1. The Morgan fingerprint density at radius 2 is 1.74 bits per heavy atom. The summed E-state index contributed by atoms with van der Waals surface area (Å²) in [5.74, 6) is 1.45. The summed E-state index contributed by atoms with van der Waals surface area (Å²) in [7, 11) is 3.52. The molecule has 1 saturated heterocycles. The van der Waals surface area contributed by atoms with Crippen molar-refractivity contribution >= 4 is 5.91 Å². The minimum atomic E-state index is -0.225. The van der Waals surface area contributed by atoms with Crippen LogP contribution >= 0.6 is 0 Å². The maximum Gasteiger partial charge on any atom is 0.253 e. The number of hydrogen-bond acceptors (Lipinski definition) is 4. The van der Waals surface area contributed by atoms with Crippen molar-refractivity contribution in [3.63, 3.8) is 0 Å². The largest absolute Gasteiger partial charge is 0.494 e. The maximum atomic E-state index is 11.9. The van der Waals surface area contributed by atoms with Crippen molar-refractivity contribution in [3.8, 4) is 5.75 Å². The number of benzene rings is 1. The molecule has 1 aromatic carbocycles. The van der Waals surface area contributed by atoms with Gasteiger partial charge in [0.1, 0.15) is 5.75 Å². The average molecular weight is 376 g/mol. The normalized spacial score (nSPS) is 19.3. The predicted octanol–water partition coefficient (Wildman–Crippen LogP) is 4.26. The highest BCUT2D eigenvalue weighted by Crippen LogP contribution is 2.39. The molecule has 1 saturated carbocycles. The van der Waals surface area contributed by atoms with E-state index in [0.717, 1.165) is 50.8 Å². The van der Waals surface area contributed by atoms with E-state index in [9.17, 15) is 4.79 Å². The van der Waals surface area contributed by atoms with Crippen LogP contribution in [0.15, 0.2) is 24.3 Å². The van der Waals surface area contributed by atoms with Gasteiger partial charge in [0.25, 0.3) is 5.91 Å². The zero-order chi connectivity index (χ0) is 19.1. The van der Waals surface area contributed by atoms with Gasteiger partial charge in [0.05, 0.1) is 19.8 Å². The molecular formula is C22H33NO4. The molecule has 27 heavy (non-hydrogen) atoms. The number of unbranched alkanes of at least 4 members (excludes halogenated alkanes) is 2. The first-order chi connectivity index (χ1) is 13.1. The second kappa shape index (κ2) is 9.56. The molecule has 2 aliphatic rings. The molecule has 5 heteroatoms. The van der Waals surface area contributed by atoms with Crippen LogP contribution in [0.3, 0.4) is 0 Å². The molecule has 0 aromatic heterocycles. The zero-order valence-electron chi connectivity index (χ0n) is 16.7. The molecule has 1 amide bonds. The van der Waals surface area contributed by atoms with Gasteiger partial charge in [0.2, 0.25) is 0 Å². The molecule has 0 unspecified atom stereocenters. The van der Waals surface area contributed by atoms with Crippen LogP contribution in [0.1, 0.15) is 61.7 Å². The Bertz CT molecular complexity index is 583. The maximum absolute atomic E-state index is 11.9. The van der Waals surface area contributed by atoms with Gasteiger partial charge in [-0.3, -0.25) is 4.79 Å². The summed E-state index contributed by atoms with van der Waals surface area (Å²) in [4.78, 5) is 13.4. The Morgan fingerprint density at radius 1 is 1.07 bits per heavy atom. The lowest BCUT2D eigenvalue weighted by atomic mass is 9.82. The quantitative estimate of drug-likeness (QED) is 0.637. The minimum Gasteiger partial charge on any atom is -0.494 e. The van der Waals surface area contributed by atoms with Crippen molar-refractivity contribution in [2.75, 3.05) is 33.9 Å². The van der Waals surface area contributed by atoms with Gasteiger partial charge in [-0.2, -0.15) is 0 Å². The fourth-order valence-corrected chi connectivity index (χ4v) is 4.05. The molecular weight excluding hydrogens is 342 g/mol. The number of ether oxygens (including phenoxy) is 3. The number of carbonyl (C=O) groups is 1. The van der Waals surface area contributed by atoms with Crippen molar-refractivity contribution in [1.29, 1.82) is 0 Å². The SMILES string of the molecule is CN(C)C(=O)c1ccc(OCCCCCC2CCC3(CC2)OCCO3)cc1. The lowest BCUT2D eigenvalue weighted by Gasteiger charge is -2.35. The Kier molecular flexibility index (Phi) is 7.13. The van der Waals surface area contributed by atoms with E-state index in [4.69, 9.17) is 14.2 Å². The van der Waals surface area contributed by atoms with E-state index in [1.807, 2.05) is 24.3 Å². The van der Waals surface area contributed by atoms with E-state index in [-0.39, 0.29) is 11.7 Å². The molecule has 1 aliphatic carbocycles. The molecule has 150 valence electrons. The monoisotopic (exact) mass is 375 g/mol. The first-order valence-electron chi connectivity index (χ1n) is 10.3. The lowest BCUT2D eigenvalue weighted by Crippen LogP contribution is -2.35. The molecule has 5 nitrogen and oxygen atoms in total. The first kappa shape index (κ1) is 20.2. The van der Waals surface area contributed by atoms with Crippen molar-refractivity contribution in [2.24, 2.45) is 5.92 Å². The summed E-state index contributed by atoms with van der Waals surface area (Å²) in [6.07, 6.45) is 9.42. The molecule has 0 atom stereocenters. The van der Waals surface area contributed by atoms with Crippen LogP contribution < -0.4 is 4.74 Å². The topological polar surface area (TPSA) is 48.0 Å². The fraction of sp³-hybridized carbons (Fsp3) is 0.682. The predicted molar refractivity (Wildman–Crippen MR) is 105 cm³/mol. The molecule has 2 fully saturated rings. The third-order valence-electron chi connectivity index (χ3n) is 5.71. The lowest BCUT2D eigenvalue weighted by molar-refractivity contribution is -0.182. The van der Waals surface area contributed by atoms with Crippen LogP contribution in [0.2, 0.25) is 0 Å². The number of nitrogens with zero attached hydrogens (tertiary/aromatic N) is 1. The van der Waals surface area contributed by atoms with Crippen LogP contribution in [0.4, 0.5) is 0 Å². The Labute approximate surface area is 163 Å². The van der Waals surface area contributed by atoms with Crippen molar-refractivity contribution in [2.45, 2.75) is 57.2 Å². The van der Waals surface area contributed by atoms with Gasteiger partial charge >= 0.3 is 0 Å². The van der Waals surface area contributed by atoms with Crippen LogP contribution in [0, 0.1) is 5.92 Å². The zero-order valence-corrected chi connectivity index (χ0v) is 16.7. The highest BCUT2D eigenvalue weighted by molar-refractivity contribution is 5.93. The van der Waals surface area contributed by atoms with Crippen LogP contribution in [-0.2, 0) is 9.47 Å². The summed E-state index contributed by atoms with van der Waals surface area (Å²) in [5.41, 5.74) is 0.690. The molecule has 1 aromatic rings. The van der Waals surface area contributed by atoms with E-state index in [1.54, 1.807) is 19.0 Å². The summed E-state index contributed by atoms with van der Waals surface area (Å²) in [6, 6.07) is 7.40. The average Bonchev–Trinajstić information content (AvgIpc) is 3.14. The number of carbonyl (C=O) groups excluding carboxylic acids is 1. The van der Waals surface area contributed by atoms with E-state index >= 15 is 0 Å². The van der Waals surface area contributed by atoms with E-state index < -0.39 is 0 Å². The first-order valence-corrected chi connectivity index (χ1v) is 10.3. The highest BCUT2D eigenvalue weighted by Gasteiger charge is 2.39. The molecule has 1 heterocycles. The van der Waals surface area contributed by atoms with Gasteiger partial charge in [0, 0.05) is 32.5 Å². The molecule has 0 bridgehead atoms. The van der Waals surface area contributed by atoms with Gasteiger partial charge < -0.3 is 19.1 Å². The van der Waals surface area contributed by atoms with E-state index in [1.165, 1.54) is 32.1 Å². The summed E-state index contributed by atoms with van der Waals surface area (Å²) in [5, 5.41) is 0. The van der Waals surface area contributed by atoms with Gasteiger partial charge in [-0.25, -0.2) is 0 Å². The third-order valence-corrected chi connectivity index (χ3v) is 5.71. The Hall–Kier alpha value is -1.59. The standard InChI is InChI=1S/C22H33NO4/c1-23(2)21(24)19-7-9-20(10-8-19)25-15-5-3-4-6-18-11-13-22(14-12-18)26-16-17-27-22/h7-10,18H,3-6,11-17H2,1-2H3. The molecule has 1 spiro atoms. The molecule has 0 N–H and O–H groups in total. The second-order valence-electron chi connectivity index (χ2n) is 7.97. The van der Waals surface area contributed by atoms with Crippen LogP contribution in [-0.4, -0.2) is 50.5 Å². The second-order valence-corrected chi connectivity index (χ2v) is 7.97. The highest BCUT2D eigenvalue weighted by atomic mass is 16.7. The van der Waals surface area contributed by atoms with Crippen molar-refractivity contribution in [1.82, 2.24) is 4.90 Å². The van der Waals surface area contributed by atoms with Crippen molar-refractivity contribution < 1.29 is 19.0 Å². The fourth-order valence-electron chi connectivity index (χ4n) is 4.05. The van der Waals surface area contributed by atoms with Gasteiger partial charge in [-0.15, -0.1) is 0 Å². The van der Waals surface area contributed by atoms with Crippen molar-refractivity contribution in [3.05, 3.63) is 29.8 Å². The van der Waals surface area contributed by atoms with E-state index in [2.05, 4.69) is 0 Å². The summed E-state index contributed by atoms with van der Waals surface area (Å²) >= 11 is 0. The number of rotatable bonds is 8. The summed E-state index contributed by atoms with van der Waals surface area (Å²) in [6.45, 7) is 2.26. The number of hydrogen-bond donors (Lipinski definition) is 0. The van der Waals surface area contributed by atoms with Gasteiger partial charge in [-0.05, 0) is 49.4 Å². The third kappa shape index (κ3) is 5.69. The van der Waals surface area contributed by atoms with Gasteiger partial charge in [-0.1, -0.05) is 19.3 Å². The smallest absolute Gasteiger partial charge is 0.253 e. The van der Waals surface area contributed by atoms with Crippen LogP contribution in [0.25, 0.3) is 0 Å². The minimum absolute atomic E-state index is 0.0150. The Morgan fingerprint density at radius 3 is 2.37 bits per heavy atom. The molecule has 3 rings (SSSR count). The van der Waals surface area contributed by atoms with Gasteiger partial charge in [0.15, 0.2) is 5.79 Å². The Balaban J connectivity index is 1.25.